The molecule has 2 aromatic rings. The van der Waals surface area contributed by atoms with Crippen LogP contribution in [-0.2, 0) is 6.18 Å². The third-order valence-corrected chi connectivity index (χ3v) is 4.20. The molecule has 1 N–H and O–H groups in total. The molecule has 0 spiro atoms. The fourth-order valence-electron chi connectivity index (χ4n) is 2.83. The van der Waals surface area contributed by atoms with Crippen molar-refractivity contribution in [2.75, 3.05) is 25.0 Å². The minimum atomic E-state index is -4.46. The van der Waals surface area contributed by atoms with Gasteiger partial charge in [0.05, 0.1) is 18.7 Å². The van der Waals surface area contributed by atoms with E-state index in [1.165, 1.54) is 0 Å². The summed E-state index contributed by atoms with van der Waals surface area (Å²) in [6.07, 6.45) is -3.31. The Morgan fingerprint density at radius 3 is 2.71 bits per heavy atom. The molecule has 1 atom stereocenters. The van der Waals surface area contributed by atoms with Crippen LogP contribution >= 0.6 is 0 Å². The smallest absolute Gasteiger partial charge is 0.416 e. The predicted molar refractivity (Wildman–Crippen MR) is 96.5 cm³/mol. The standard InChI is InChI=1S/C19H20F3N3O3/c1-2-27-15-5-3-14(4-6-15)24-18(26)25-10-8-16(12-25)28-17-11-13(7-9-23-17)19(20,21)22/h3-7,9,11,16H,2,8,10,12H2,1H3,(H,24,26)/t16-/m0/s1. The largest absolute Gasteiger partial charge is 0.494 e. The minimum absolute atomic E-state index is 0.103. The molecule has 28 heavy (non-hydrogen) atoms. The van der Waals surface area contributed by atoms with Crippen molar-refractivity contribution >= 4 is 11.7 Å². The molecule has 0 unspecified atom stereocenters. The van der Waals surface area contributed by atoms with Crippen molar-refractivity contribution in [3.8, 4) is 11.6 Å². The van der Waals surface area contributed by atoms with Crippen LogP contribution < -0.4 is 14.8 Å². The van der Waals surface area contributed by atoms with Crippen LogP contribution in [0.15, 0.2) is 42.6 Å². The van der Waals surface area contributed by atoms with Crippen LogP contribution in [0.4, 0.5) is 23.7 Å². The quantitative estimate of drug-likeness (QED) is 0.825. The Bertz CT molecular complexity index is 812. The lowest BCUT2D eigenvalue weighted by Crippen LogP contribution is -2.34. The molecular weight excluding hydrogens is 375 g/mol. The molecule has 0 bridgehead atoms. The highest BCUT2D eigenvalue weighted by atomic mass is 19.4. The second kappa shape index (κ2) is 8.37. The summed E-state index contributed by atoms with van der Waals surface area (Å²) in [5, 5.41) is 2.78. The maximum Gasteiger partial charge on any atom is 0.416 e. The van der Waals surface area contributed by atoms with Crippen LogP contribution in [0.3, 0.4) is 0 Å². The highest BCUT2D eigenvalue weighted by molar-refractivity contribution is 5.89. The topological polar surface area (TPSA) is 63.7 Å². The zero-order valence-corrected chi connectivity index (χ0v) is 15.2. The summed E-state index contributed by atoms with van der Waals surface area (Å²) in [6, 6.07) is 8.44. The number of carbonyl (C=O) groups is 1. The molecule has 1 aliphatic rings. The number of nitrogens with one attached hydrogen (secondary N) is 1. The summed E-state index contributed by atoms with van der Waals surface area (Å²) in [4.78, 5) is 17.7. The number of nitrogens with zero attached hydrogens (tertiary/aromatic N) is 2. The molecule has 1 aromatic carbocycles. The van der Waals surface area contributed by atoms with E-state index in [0.29, 0.717) is 31.0 Å². The van der Waals surface area contributed by atoms with Crippen molar-refractivity contribution in [1.29, 1.82) is 0 Å². The van der Waals surface area contributed by atoms with Crippen molar-refractivity contribution < 1.29 is 27.4 Å². The van der Waals surface area contributed by atoms with E-state index in [9.17, 15) is 18.0 Å². The van der Waals surface area contributed by atoms with Gasteiger partial charge in [0.15, 0.2) is 0 Å². The van der Waals surface area contributed by atoms with Crippen molar-refractivity contribution in [3.63, 3.8) is 0 Å². The summed E-state index contributed by atoms with van der Waals surface area (Å²) in [5.41, 5.74) is -0.196. The predicted octanol–water partition coefficient (Wildman–Crippen LogP) is 4.18. The molecule has 0 radical (unpaired) electrons. The van der Waals surface area contributed by atoms with E-state index in [1.54, 1.807) is 29.2 Å². The molecule has 1 aromatic heterocycles. The van der Waals surface area contributed by atoms with Gasteiger partial charge in [-0.05, 0) is 37.3 Å². The number of hydrogen-bond acceptors (Lipinski definition) is 4. The molecule has 1 saturated heterocycles. The second-order valence-corrected chi connectivity index (χ2v) is 6.24. The molecule has 9 heteroatoms. The van der Waals surface area contributed by atoms with E-state index in [0.717, 1.165) is 18.3 Å². The van der Waals surface area contributed by atoms with Gasteiger partial charge in [-0.25, -0.2) is 9.78 Å². The minimum Gasteiger partial charge on any atom is -0.494 e. The molecule has 0 saturated carbocycles. The number of anilines is 1. The third-order valence-electron chi connectivity index (χ3n) is 4.20. The van der Waals surface area contributed by atoms with E-state index >= 15 is 0 Å². The Morgan fingerprint density at radius 2 is 2.04 bits per heavy atom. The first-order valence-electron chi connectivity index (χ1n) is 8.84. The SMILES string of the molecule is CCOc1ccc(NC(=O)N2CC[C@H](Oc3cc(C(F)(F)F)ccn3)C2)cc1. The van der Waals surface area contributed by atoms with Crippen LogP contribution in [0, 0.1) is 0 Å². The highest BCUT2D eigenvalue weighted by Gasteiger charge is 2.32. The first-order chi connectivity index (χ1) is 13.3. The number of likely N-dealkylation sites (tertiary alicyclic amines) is 1. The molecular formula is C19H20F3N3O3. The summed E-state index contributed by atoms with van der Waals surface area (Å²) in [6.45, 7) is 3.14. The van der Waals surface area contributed by atoms with Crippen molar-refractivity contribution in [2.24, 2.45) is 0 Å². The first-order valence-corrected chi connectivity index (χ1v) is 8.84. The molecule has 0 aliphatic carbocycles. The molecule has 6 nitrogen and oxygen atoms in total. The Balaban J connectivity index is 1.54. The third kappa shape index (κ3) is 5.05. The number of pyridine rings is 1. The number of amides is 2. The van der Waals surface area contributed by atoms with Gasteiger partial charge >= 0.3 is 12.2 Å². The number of halogens is 3. The first kappa shape index (κ1) is 19.8. The number of benzene rings is 1. The molecule has 150 valence electrons. The lowest BCUT2D eigenvalue weighted by atomic mass is 10.2. The monoisotopic (exact) mass is 395 g/mol. The van der Waals surface area contributed by atoms with Gasteiger partial charge in [0.1, 0.15) is 11.9 Å². The molecule has 1 fully saturated rings. The number of aromatic nitrogens is 1. The second-order valence-electron chi connectivity index (χ2n) is 6.24. The molecule has 1 aliphatic heterocycles. The van der Waals surface area contributed by atoms with Gasteiger partial charge in [-0.2, -0.15) is 13.2 Å². The Morgan fingerprint density at radius 1 is 1.29 bits per heavy atom. The fraction of sp³-hybridized carbons (Fsp3) is 0.368. The summed E-state index contributed by atoms with van der Waals surface area (Å²) < 4.78 is 49.2. The van der Waals surface area contributed by atoms with Gasteiger partial charge in [-0.15, -0.1) is 0 Å². The van der Waals surface area contributed by atoms with Crippen LogP contribution in [0.1, 0.15) is 18.9 Å². The lowest BCUT2D eigenvalue weighted by molar-refractivity contribution is -0.137. The fourth-order valence-corrected chi connectivity index (χ4v) is 2.83. The highest BCUT2D eigenvalue weighted by Crippen LogP contribution is 2.31. The maximum absolute atomic E-state index is 12.8. The van der Waals surface area contributed by atoms with Gasteiger partial charge in [-0.3, -0.25) is 0 Å². The number of urea groups is 1. The zero-order chi connectivity index (χ0) is 20.1. The average Bonchev–Trinajstić information content (AvgIpc) is 3.12. The number of carbonyl (C=O) groups excluding carboxylic acids is 1. The number of alkyl halides is 3. The number of ether oxygens (including phenoxy) is 2. The van der Waals surface area contributed by atoms with Crippen molar-refractivity contribution in [1.82, 2.24) is 9.88 Å². The van der Waals surface area contributed by atoms with E-state index in [1.807, 2.05) is 6.92 Å². The van der Waals surface area contributed by atoms with Gasteiger partial charge in [0.25, 0.3) is 0 Å². The lowest BCUT2D eigenvalue weighted by Gasteiger charge is -2.18. The summed E-state index contributed by atoms with van der Waals surface area (Å²) in [7, 11) is 0. The van der Waals surface area contributed by atoms with Crippen molar-refractivity contribution in [2.45, 2.75) is 25.6 Å². The van der Waals surface area contributed by atoms with Crippen LogP contribution in [0.2, 0.25) is 0 Å². The Hall–Kier alpha value is -2.97. The zero-order valence-electron chi connectivity index (χ0n) is 15.2. The van der Waals surface area contributed by atoms with Gasteiger partial charge in [0, 0.05) is 30.9 Å². The van der Waals surface area contributed by atoms with Gasteiger partial charge < -0.3 is 19.7 Å². The average molecular weight is 395 g/mol. The van der Waals surface area contributed by atoms with Crippen molar-refractivity contribution in [3.05, 3.63) is 48.2 Å². The van der Waals surface area contributed by atoms with Gasteiger partial charge in [-0.1, -0.05) is 0 Å². The summed E-state index contributed by atoms with van der Waals surface area (Å²) >= 11 is 0. The van der Waals surface area contributed by atoms with E-state index in [4.69, 9.17) is 9.47 Å². The van der Waals surface area contributed by atoms with Crippen LogP contribution in [0.5, 0.6) is 11.6 Å². The maximum atomic E-state index is 12.8. The van der Waals surface area contributed by atoms with E-state index < -0.39 is 17.8 Å². The molecule has 3 rings (SSSR count). The van der Waals surface area contributed by atoms with Gasteiger partial charge in [0.2, 0.25) is 5.88 Å². The van der Waals surface area contributed by atoms with E-state index in [-0.39, 0.29) is 18.5 Å². The van der Waals surface area contributed by atoms with Crippen LogP contribution in [-0.4, -0.2) is 41.7 Å². The number of hydrogen-bond donors (Lipinski definition) is 1. The summed E-state index contributed by atoms with van der Waals surface area (Å²) in [5.74, 6) is 0.609. The number of rotatable bonds is 5. The Kier molecular flexibility index (Phi) is 5.91. The molecule has 2 amide bonds. The Labute approximate surface area is 160 Å². The van der Waals surface area contributed by atoms with E-state index in [2.05, 4.69) is 10.3 Å². The normalized spacial score (nSPS) is 16.7. The molecule has 2 heterocycles. The van der Waals surface area contributed by atoms with Crippen LogP contribution in [0.25, 0.3) is 0 Å².